The van der Waals surface area contributed by atoms with Gasteiger partial charge in [-0.3, -0.25) is 10.7 Å². The Morgan fingerprint density at radius 3 is 2.71 bits per heavy atom. The molecule has 0 fully saturated rings. The molecule has 0 atom stereocenters. The smallest absolute Gasteiger partial charge is 0.279 e. The summed E-state index contributed by atoms with van der Waals surface area (Å²) in [5.41, 5.74) is 11.0. The number of nitrogens with two attached hydrogens (primary N) is 1. The lowest BCUT2D eigenvalue weighted by Crippen LogP contribution is -2.36. The molecule has 3 heteroatoms. The van der Waals surface area contributed by atoms with Crippen LogP contribution in [0.2, 0.25) is 0 Å². The van der Waals surface area contributed by atoms with Crippen molar-refractivity contribution >= 4 is 17.1 Å². The number of nitrogens with zero attached hydrogens (tertiary/aromatic N) is 2. The molecule has 0 radical (unpaired) electrons. The maximum Gasteiger partial charge on any atom is 0.279 e. The second-order valence-corrected chi connectivity index (χ2v) is 5.23. The summed E-state index contributed by atoms with van der Waals surface area (Å²) in [6, 6.07) is 14.6. The third-order valence-corrected chi connectivity index (χ3v) is 3.82. The summed E-state index contributed by atoms with van der Waals surface area (Å²) in [7, 11) is 0. The van der Waals surface area contributed by atoms with E-state index in [4.69, 9.17) is 5.73 Å². The van der Waals surface area contributed by atoms with Crippen LogP contribution in [0, 0.1) is 0 Å². The number of hydrogen-bond acceptors (Lipinski definition) is 2. The van der Waals surface area contributed by atoms with Gasteiger partial charge in [0.15, 0.2) is 0 Å². The summed E-state index contributed by atoms with van der Waals surface area (Å²) < 4.78 is 2.06. The highest BCUT2D eigenvalue weighted by Crippen LogP contribution is 2.23. The summed E-state index contributed by atoms with van der Waals surface area (Å²) in [6.07, 6.45) is 5.07. The van der Waals surface area contributed by atoms with Gasteiger partial charge in [0.05, 0.1) is 24.8 Å². The monoisotopic (exact) mass is 278 g/mol. The van der Waals surface area contributed by atoms with Gasteiger partial charge < -0.3 is 0 Å². The van der Waals surface area contributed by atoms with Crippen molar-refractivity contribution in [1.29, 1.82) is 0 Å². The molecule has 0 unspecified atom stereocenters. The maximum absolute atomic E-state index is 6.24. The van der Waals surface area contributed by atoms with Crippen LogP contribution >= 0.6 is 0 Å². The second-order valence-electron chi connectivity index (χ2n) is 5.23. The molecule has 3 nitrogen and oxygen atoms in total. The maximum atomic E-state index is 6.24. The van der Waals surface area contributed by atoms with Gasteiger partial charge in [0, 0.05) is 12.1 Å². The van der Waals surface area contributed by atoms with Crippen LogP contribution in [0.4, 0.5) is 5.82 Å². The average Bonchev–Trinajstić information content (AvgIpc) is 2.97. The number of aryl methyl sites for hydroxylation is 1. The first kappa shape index (κ1) is 13.6. The van der Waals surface area contributed by atoms with Crippen LogP contribution in [0.1, 0.15) is 18.1 Å². The third-order valence-electron chi connectivity index (χ3n) is 3.82. The van der Waals surface area contributed by atoms with Crippen molar-refractivity contribution in [2.75, 3.05) is 12.3 Å². The summed E-state index contributed by atoms with van der Waals surface area (Å²) in [6.45, 7) is 3.70. The number of anilines is 1. The lowest BCUT2D eigenvalue weighted by molar-refractivity contribution is -0.679. The Bertz CT molecular complexity index is 700. The van der Waals surface area contributed by atoms with E-state index in [1.165, 1.54) is 11.1 Å². The second kappa shape index (κ2) is 5.92. The van der Waals surface area contributed by atoms with Crippen molar-refractivity contribution in [1.82, 2.24) is 0 Å². The van der Waals surface area contributed by atoms with Crippen LogP contribution < -0.4 is 10.3 Å². The molecule has 106 valence electrons. The largest absolute Gasteiger partial charge is 0.286 e. The number of aromatic nitrogens is 1. The Balaban J connectivity index is 1.82. The van der Waals surface area contributed by atoms with Crippen LogP contribution in [0.15, 0.2) is 59.7 Å². The highest BCUT2D eigenvalue weighted by Gasteiger charge is 2.17. The van der Waals surface area contributed by atoms with E-state index < -0.39 is 0 Å². The molecule has 1 aliphatic heterocycles. The number of nitrogen functional groups attached to an aromatic ring is 1. The van der Waals surface area contributed by atoms with Gasteiger partial charge in [0.2, 0.25) is 0 Å². The van der Waals surface area contributed by atoms with Crippen molar-refractivity contribution in [2.24, 2.45) is 4.99 Å². The van der Waals surface area contributed by atoms with Crippen LogP contribution in [0.5, 0.6) is 0 Å². The SMILES string of the molecule is CC[n+]1cccc(C2=CC(Cc3ccccc3)=NC2)c1N. The highest BCUT2D eigenvalue weighted by atomic mass is 15.0. The van der Waals surface area contributed by atoms with E-state index in [2.05, 4.69) is 52.9 Å². The Morgan fingerprint density at radius 1 is 1.14 bits per heavy atom. The van der Waals surface area contributed by atoms with E-state index in [0.717, 1.165) is 36.6 Å². The summed E-state index contributed by atoms with van der Waals surface area (Å²) in [5.74, 6) is 0.822. The van der Waals surface area contributed by atoms with Gasteiger partial charge in [-0.05, 0) is 36.3 Å². The molecular formula is C18H20N3+. The molecule has 1 aliphatic rings. The van der Waals surface area contributed by atoms with Gasteiger partial charge in [0.25, 0.3) is 5.82 Å². The van der Waals surface area contributed by atoms with Gasteiger partial charge in [0.1, 0.15) is 0 Å². The fraction of sp³-hybridized carbons (Fsp3) is 0.222. The van der Waals surface area contributed by atoms with Crippen LogP contribution in [-0.4, -0.2) is 12.3 Å². The molecule has 0 saturated carbocycles. The van der Waals surface area contributed by atoms with Gasteiger partial charge in [-0.2, -0.15) is 0 Å². The highest BCUT2D eigenvalue weighted by molar-refractivity contribution is 6.06. The molecule has 2 aromatic rings. The fourth-order valence-electron chi connectivity index (χ4n) is 2.66. The summed E-state index contributed by atoms with van der Waals surface area (Å²) in [4.78, 5) is 4.64. The molecule has 2 heterocycles. The van der Waals surface area contributed by atoms with Gasteiger partial charge in [-0.25, -0.2) is 4.57 Å². The van der Waals surface area contributed by atoms with Gasteiger partial charge in [-0.1, -0.05) is 30.3 Å². The zero-order chi connectivity index (χ0) is 14.7. The molecule has 0 spiro atoms. The number of benzene rings is 1. The Morgan fingerprint density at radius 2 is 1.95 bits per heavy atom. The van der Waals surface area contributed by atoms with Crippen molar-refractivity contribution in [3.8, 4) is 0 Å². The molecule has 0 bridgehead atoms. The molecule has 1 aromatic carbocycles. The molecule has 3 rings (SSSR count). The first-order valence-corrected chi connectivity index (χ1v) is 7.34. The van der Waals surface area contributed by atoms with E-state index in [9.17, 15) is 0 Å². The average molecular weight is 278 g/mol. The first-order valence-electron chi connectivity index (χ1n) is 7.34. The minimum atomic E-state index is 0.722. The molecule has 1 aromatic heterocycles. The van der Waals surface area contributed by atoms with E-state index in [-0.39, 0.29) is 0 Å². The first-order chi connectivity index (χ1) is 10.3. The molecule has 0 aliphatic carbocycles. The molecule has 21 heavy (non-hydrogen) atoms. The Kier molecular flexibility index (Phi) is 3.82. The lowest BCUT2D eigenvalue weighted by Gasteiger charge is -2.05. The Labute approximate surface area is 125 Å². The van der Waals surface area contributed by atoms with Crippen LogP contribution in [0.25, 0.3) is 5.57 Å². The fourth-order valence-corrected chi connectivity index (χ4v) is 2.66. The predicted molar refractivity (Wildman–Crippen MR) is 87.1 cm³/mol. The standard InChI is InChI=1S/C18H19N3/c1-2-21-10-6-9-17(18(21)19)15-12-16(20-13-15)11-14-7-4-3-5-8-14/h3-10,12,19H,2,11,13H2,1H3/p+1. The minimum Gasteiger partial charge on any atom is -0.286 e. The quantitative estimate of drug-likeness (QED) is 0.858. The zero-order valence-electron chi connectivity index (χ0n) is 12.3. The third kappa shape index (κ3) is 2.87. The minimum absolute atomic E-state index is 0.722. The van der Waals surface area contributed by atoms with E-state index in [1.807, 2.05) is 18.3 Å². The Hall–Kier alpha value is -2.42. The molecular weight excluding hydrogens is 258 g/mol. The van der Waals surface area contributed by atoms with Crippen LogP contribution in [0.3, 0.4) is 0 Å². The van der Waals surface area contributed by atoms with Crippen molar-refractivity contribution in [3.63, 3.8) is 0 Å². The van der Waals surface area contributed by atoms with E-state index in [0.29, 0.717) is 0 Å². The molecule has 0 saturated heterocycles. The number of rotatable bonds is 4. The van der Waals surface area contributed by atoms with Gasteiger partial charge >= 0.3 is 0 Å². The van der Waals surface area contributed by atoms with Crippen molar-refractivity contribution in [3.05, 3.63) is 65.9 Å². The van der Waals surface area contributed by atoms with E-state index >= 15 is 0 Å². The molecule has 2 N–H and O–H groups in total. The number of pyridine rings is 1. The lowest BCUT2D eigenvalue weighted by atomic mass is 10.0. The molecule has 0 amide bonds. The topological polar surface area (TPSA) is 42.3 Å². The van der Waals surface area contributed by atoms with Crippen molar-refractivity contribution < 1.29 is 4.57 Å². The zero-order valence-corrected chi connectivity index (χ0v) is 12.3. The van der Waals surface area contributed by atoms with Crippen LogP contribution in [-0.2, 0) is 13.0 Å². The van der Waals surface area contributed by atoms with Gasteiger partial charge in [-0.15, -0.1) is 0 Å². The number of allylic oxidation sites excluding steroid dienone is 1. The number of hydrogen-bond donors (Lipinski definition) is 1. The predicted octanol–water partition coefficient (Wildman–Crippen LogP) is 2.66. The summed E-state index contributed by atoms with van der Waals surface area (Å²) >= 11 is 0. The normalized spacial score (nSPS) is 14.0. The van der Waals surface area contributed by atoms with E-state index in [1.54, 1.807) is 0 Å². The number of aliphatic imine (C=N–C) groups is 1. The summed E-state index contributed by atoms with van der Waals surface area (Å²) in [5, 5.41) is 0. The van der Waals surface area contributed by atoms with Crippen molar-refractivity contribution in [2.45, 2.75) is 19.9 Å².